The van der Waals surface area contributed by atoms with E-state index >= 15 is 0 Å². The number of halogens is 2. The molecule has 0 spiro atoms. The molecule has 5 heteroatoms. The summed E-state index contributed by atoms with van der Waals surface area (Å²) in [6, 6.07) is 13.2. The highest BCUT2D eigenvalue weighted by atomic mass is 35.5. The van der Waals surface area contributed by atoms with Gasteiger partial charge in [-0.1, -0.05) is 55.2 Å². The Morgan fingerprint density at radius 2 is 1.77 bits per heavy atom. The van der Waals surface area contributed by atoms with E-state index in [0.29, 0.717) is 28.3 Å². The molecule has 0 amide bonds. The van der Waals surface area contributed by atoms with Crippen LogP contribution < -0.4 is 10.2 Å². The SMILES string of the molecule is CC(C)COc1c(Cl)cc(/C=N/Nc2ccccc2)cc1Cl. The second-order valence-electron chi connectivity index (χ2n) is 5.25. The Morgan fingerprint density at radius 1 is 1.14 bits per heavy atom. The topological polar surface area (TPSA) is 33.6 Å². The number of benzene rings is 2. The maximum Gasteiger partial charge on any atom is 0.156 e. The number of hydrogen-bond acceptors (Lipinski definition) is 3. The summed E-state index contributed by atoms with van der Waals surface area (Å²) in [5.74, 6) is 0.925. The average molecular weight is 337 g/mol. The molecule has 0 saturated heterocycles. The number of rotatable bonds is 6. The van der Waals surface area contributed by atoms with Crippen LogP contribution in [0.3, 0.4) is 0 Å². The normalized spacial score (nSPS) is 11.1. The zero-order valence-corrected chi connectivity index (χ0v) is 14.0. The standard InChI is InChI=1S/C17H18Cl2N2O/c1-12(2)11-22-17-15(18)8-13(9-16(17)19)10-20-21-14-6-4-3-5-7-14/h3-10,12,21H,11H2,1-2H3/b20-10+. The molecule has 0 aromatic heterocycles. The summed E-state index contributed by atoms with van der Waals surface area (Å²) in [6.45, 7) is 4.71. The first kappa shape index (κ1) is 16.7. The van der Waals surface area contributed by atoms with E-state index in [1.54, 1.807) is 18.3 Å². The van der Waals surface area contributed by atoms with E-state index in [9.17, 15) is 0 Å². The van der Waals surface area contributed by atoms with Crippen molar-refractivity contribution in [3.63, 3.8) is 0 Å². The van der Waals surface area contributed by atoms with Crippen LogP contribution in [0.4, 0.5) is 5.69 Å². The van der Waals surface area contributed by atoms with E-state index in [-0.39, 0.29) is 0 Å². The predicted molar refractivity (Wildman–Crippen MR) is 94.5 cm³/mol. The van der Waals surface area contributed by atoms with Gasteiger partial charge >= 0.3 is 0 Å². The smallest absolute Gasteiger partial charge is 0.156 e. The van der Waals surface area contributed by atoms with Crippen LogP contribution in [0.15, 0.2) is 47.6 Å². The number of nitrogens with one attached hydrogen (secondary N) is 1. The molecular weight excluding hydrogens is 319 g/mol. The molecule has 0 heterocycles. The molecule has 0 unspecified atom stereocenters. The Balaban J connectivity index is 2.06. The minimum atomic E-state index is 0.406. The fourth-order valence-electron chi connectivity index (χ4n) is 1.74. The number of hydrazone groups is 1. The van der Waals surface area contributed by atoms with Crippen molar-refractivity contribution >= 4 is 35.1 Å². The van der Waals surface area contributed by atoms with Crippen molar-refractivity contribution < 1.29 is 4.74 Å². The zero-order valence-electron chi connectivity index (χ0n) is 12.5. The van der Waals surface area contributed by atoms with Crippen molar-refractivity contribution in [1.29, 1.82) is 0 Å². The molecule has 0 bridgehead atoms. The number of anilines is 1. The highest BCUT2D eigenvalue weighted by Gasteiger charge is 2.09. The van der Waals surface area contributed by atoms with Gasteiger partial charge in [0.15, 0.2) is 5.75 Å². The van der Waals surface area contributed by atoms with Gasteiger partial charge in [-0.3, -0.25) is 5.43 Å². The van der Waals surface area contributed by atoms with Gasteiger partial charge in [0.25, 0.3) is 0 Å². The van der Waals surface area contributed by atoms with Crippen molar-refractivity contribution in [1.82, 2.24) is 0 Å². The largest absolute Gasteiger partial charge is 0.490 e. The van der Waals surface area contributed by atoms with Crippen LogP contribution >= 0.6 is 23.2 Å². The number of hydrogen-bond donors (Lipinski definition) is 1. The summed E-state index contributed by atoms with van der Waals surface area (Å²) >= 11 is 12.4. The molecule has 0 radical (unpaired) electrons. The van der Waals surface area contributed by atoms with Crippen molar-refractivity contribution in [3.05, 3.63) is 58.1 Å². The van der Waals surface area contributed by atoms with E-state index in [1.165, 1.54) is 0 Å². The quantitative estimate of drug-likeness (QED) is 0.560. The van der Waals surface area contributed by atoms with Crippen LogP contribution in [0.1, 0.15) is 19.4 Å². The van der Waals surface area contributed by atoms with E-state index in [0.717, 1.165) is 11.3 Å². The molecule has 1 N–H and O–H groups in total. The lowest BCUT2D eigenvalue weighted by atomic mass is 10.2. The van der Waals surface area contributed by atoms with Gasteiger partial charge in [-0.15, -0.1) is 0 Å². The van der Waals surface area contributed by atoms with E-state index in [1.807, 2.05) is 30.3 Å². The molecule has 0 aliphatic carbocycles. The maximum absolute atomic E-state index is 6.22. The molecule has 116 valence electrons. The number of ether oxygens (including phenoxy) is 1. The van der Waals surface area contributed by atoms with Gasteiger partial charge in [0.1, 0.15) is 0 Å². The summed E-state index contributed by atoms with van der Waals surface area (Å²) in [4.78, 5) is 0. The lowest BCUT2D eigenvalue weighted by Gasteiger charge is -2.12. The third-order valence-electron chi connectivity index (χ3n) is 2.76. The highest BCUT2D eigenvalue weighted by molar-refractivity contribution is 6.37. The van der Waals surface area contributed by atoms with Crippen molar-refractivity contribution in [3.8, 4) is 5.75 Å². The second-order valence-corrected chi connectivity index (χ2v) is 6.07. The van der Waals surface area contributed by atoms with Crippen LogP contribution in [0.5, 0.6) is 5.75 Å². The van der Waals surface area contributed by atoms with Crippen LogP contribution in [-0.2, 0) is 0 Å². The van der Waals surface area contributed by atoms with Gasteiger partial charge in [0.2, 0.25) is 0 Å². The second kappa shape index (κ2) is 8.06. The first-order chi connectivity index (χ1) is 10.6. The van der Waals surface area contributed by atoms with Crippen LogP contribution in [0.25, 0.3) is 0 Å². The number of nitrogens with zero attached hydrogens (tertiary/aromatic N) is 1. The Bertz CT molecular complexity index is 619. The van der Waals surface area contributed by atoms with E-state index < -0.39 is 0 Å². The van der Waals surface area contributed by atoms with Crippen molar-refractivity contribution in [2.75, 3.05) is 12.0 Å². The Hall–Kier alpha value is -1.71. The summed E-state index contributed by atoms with van der Waals surface area (Å²) in [5.41, 5.74) is 4.65. The van der Waals surface area contributed by atoms with Gasteiger partial charge in [0, 0.05) is 0 Å². The lowest BCUT2D eigenvalue weighted by Crippen LogP contribution is -2.05. The van der Waals surface area contributed by atoms with Crippen LogP contribution in [0, 0.1) is 5.92 Å². The van der Waals surface area contributed by atoms with Gasteiger partial charge in [-0.2, -0.15) is 5.10 Å². The summed E-state index contributed by atoms with van der Waals surface area (Å²) < 4.78 is 5.63. The average Bonchev–Trinajstić information content (AvgIpc) is 2.47. The minimum absolute atomic E-state index is 0.406. The Morgan fingerprint density at radius 3 is 2.36 bits per heavy atom. The van der Waals surface area contributed by atoms with E-state index in [2.05, 4.69) is 24.4 Å². The monoisotopic (exact) mass is 336 g/mol. The summed E-state index contributed by atoms with van der Waals surface area (Å²) in [5, 5.41) is 5.13. The molecule has 0 aliphatic rings. The lowest BCUT2D eigenvalue weighted by molar-refractivity contribution is 0.271. The fraction of sp³-hybridized carbons (Fsp3) is 0.235. The fourth-order valence-corrected chi connectivity index (χ4v) is 2.35. The molecule has 2 aromatic carbocycles. The molecular formula is C17H18Cl2N2O. The Labute approximate surface area is 140 Å². The maximum atomic E-state index is 6.22. The molecule has 2 aromatic rings. The van der Waals surface area contributed by atoms with Crippen molar-refractivity contribution in [2.24, 2.45) is 11.0 Å². The third kappa shape index (κ3) is 4.93. The van der Waals surface area contributed by atoms with Gasteiger partial charge in [-0.25, -0.2) is 0 Å². The molecule has 0 saturated carbocycles. The summed E-state index contributed by atoms with van der Waals surface area (Å²) in [6.07, 6.45) is 1.66. The molecule has 0 fully saturated rings. The van der Waals surface area contributed by atoms with Crippen LogP contribution in [0.2, 0.25) is 10.0 Å². The highest BCUT2D eigenvalue weighted by Crippen LogP contribution is 2.34. The van der Waals surface area contributed by atoms with Gasteiger partial charge in [-0.05, 0) is 35.7 Å². The first-order valence-corrected chi connectivity index (χ1v) is 7.78. The van der Waals surface area contributed by atoms with Crippen molar-refractivity contribution in [2.45, 2.75) is 13.8 Å². The van der Waals surface area contributed by atoms with E-state index in [4.69, 9.17) is 27.9 Å². The Kier molecular flexibility index (Phi) is 6.10. The minimum Gasteiger partial charge on any atom is -0.490 e. The molecule has 0 atom stereocenters. The van der Waals surface area contributed by atoms with Gasteiger partial charge < -0.3 is 4.74 Å². The molecule has 3 nitrogen and oxygen atoms in total. The van der Waals surface area contributed by atoms with Gasteiger partial charge in [0.05, 0.1) is 28.6 Å². The zero-order chi connectivity index (χ0) is 15.9. The predicted octanol–water partition coefficient (Wildman–Crippen LogP) is 5.47. The molecule has 22 heavy (non-hydrogen) atoms. The third-order valence-corrected chi connectivity index (χ3v) is 3.32. The molecule has 2 rings (SSSR count). The molecule has 0 aliphatic heterocycles. The first-order valence-electron chi connectivity index (χ1n) is 7.02. The summed E-state index contributed by atoms with van der Waals surface area (Å²) in [7, 11) is 0. The van der Waals surface area contributed by atoms with Crippen LogP contribution in [-0.4, -0.2) is 12.8 Å². The number of para-hydroxylation sites is 1.